The first-order chi connectivity index (χ1) is 16.7. The highest BCUT2D eigenvalue weighted by Crippen LogP contribution is 2.37. The number of hydrogen-bond acceptors (Lipinski definition) is 9. The summed E-state index contributed by atoms with van der Waals surface area (Å²) in [6.45, 7) is 2.64. The molecule has 10 nitrogen and oxygen atoms in total. The first-order valence-electron chi connectivity index (χ1n) is 10.0. The number of ketones is 2. The number of carbonyl (C=O) groups excluding carboxylic acids is 4. The third-order valence-electron chi connectivity index (χ3n) is 4.40. The minimum absolute atomic E-state index is 0.00702. The third-order valence-corrected chi connectivity index (χ3v) is 4.70. The van der Waals surface area contributed by atoms with Crippen LogP contribution in [-0.4, -0.2) is 41.1 Å². The second-order valence-electron chi connectivity index (χ2n) is 7.00. The molecule has 0 heterocycles. The van der Waals surface area contributed by atoms with Crippen molar-refractivity contribution in [2.75, 3.05) is 6.61 Å². The molecule has 1 atom stereocenters. The predicted octanol–water partition coefficient (Wildman–Crippen LogP) is 4.70. The summed E-state index contributed by atoms with van der Waals surface area (Å²) in [5.41, 5.74) is -2.39. The van der Waals surface area contributed by atoms with E-state index < -0.39 is 69.0 Å². The average Bonchev–Trinajstić information content (AvgIpc) is 2.79. The van der Waals surface area contributed by atoms with Gasteiger partial charge in [0.15, 0.2) is 11.9 Å². The summed E-state index contributed by atoms with van der Waals surface area (Å²) in [6, 6.07) is 5.01. The largest absolute Gasteiger partial charge is 0.463 e. The van der Waals surface area contributed by atoms with E-state index >= 15 is 0 Å². The van der Waals surface area contributed by atoms with E-state index in [-0.39, 0.29) is 18.1 Å². The molecule has 0 aromatic heterocycles. The molecule has 1 unspecified atom stereocenters. The Morgan fingerprint density at radius 1 is 1.11 bits per heavy atom. The molecular formula is C22H17ClF3NO9. The van der Waals surface area contributed by atoms with Crippen LogP contribution in [-0.2, 0) is 30.0 Å². The molecule has 0 amide bonds. The van der Waals surface area contributed by atoms with E-state index in [0.29, 0.717) is 12.1 Å². The van der Waals surface area contributed by atoms with Gasteiger partial charge in [0, 0.05) is 6.07 Å². The Kier molecular flexibility index (Phi) is 9.11. The lowest BCUT2D eigenvalue weighted by Crippen LogP contribution is -2.30. The summed E-state index contributed by atoms with van der Waals surface area (Å²) in [5.74, 6) is -5.47. The summed E-state index contributed by atoms with van der Waals surface area (Å²) in [7, 11) is 0. The fraction of sp³-hybridized carbons (Fsp3) is 0.273. The van der Waals surface area contributed by atoms with Crippen LogP contribution in [0.3, 0.4) is 0 Å². The van der Waals surface area contributed by atoms with Crippen LogP contribution in [0, 0.1) is 10.1 Å². The Labute approximate surface area is 206 Å². The molecule has 36 heavy (non-hydrogen) atoms. The highest BCUT2D eigenvalue weighted by atomic mass is 35.5. The first-order valence-corrected chi connectivity index (χ1v) is 10.4. The van der Waals surface area contributed by atoms with E-state index in [4.69, 9.17) is 16.3 Å². The maximum absolute atomic E-state index is 12.8. The maximum Gasteiger partial charge on any atom is 0.416 e. The maximum atomic E-state index is 12.8. The van der Waals surface area contributed by atoms with Gasteiger partial charge in [-0.3, -0.25) is 19.7 Å². The molecule has 2 aromatic carbocycles. The third kappa shape index (κ3) is 7.25. The predicted molar refractivity (Wildman–Crippen MR) is 116 cm³/mol. The van der Waals surface area contributed by atoms with Gasteiger partial charge in [-0.05, 0) is 44.2 Å². The van der Waals surface area contributed by atoms with E-state index in [1.807, 2.05) is 0 Å². The van der Waals surface area contributed by atoms with Crippen molar-refractivity contribution < 1.29 is 51.5 Å². The zero-order valence-corrected chi connectivity index (χ0v) is 19.3. The van der Waals surface area contributed by atoms with E-state index in [0.717, 1.165) is 31.2 Å². The van der Waals surface area contributed by atoms with Crippen molar-refractivity contribution in [1.29, 1.82) is 0 Å². The number of alkyl halides is 3. The second-order valence-corrected chi connectivity index (χ2v) is 7.41. The van der Waals surface area contributed by atoms with Crippen molar-refractivity contribution in [3.05, 3.63) is 62.7 Å². The zero-order chi connectivity index (χ0) is 27.2. The molecule has 0 aliphatic rings. The molecule has 14 heteroatoms. The van der Waals surface area contributed by atoms with E-state index in [1.165, 1.54) is 6.92 Å². The van der Waals surface area contributed by atoms with Crippen molar-refractivity contribution >= 4 is 40.8 Å². The van der Waals surface area contributed by atoms with Gasteiger partial charge in [-0.15, -0.1) is 0 Å². The van der Waals surface area contributed by atoms with Gasteiger partial charge in [0.25, 0.3) is 5.69 Å². The van der Waals surface area contributed by atoms with Crippen LogP contribution in [0.4, 0.5) is 18.9 Å². The quantitative estimate of drug-likeness (QED) is 0.107. The van der Waals surface area contributed by atoms with Gasteiger partial charge >= 0.3 is 18.1 Å². The number of carbonyl (C=O) groups is 4. The molecule has 0 saturated carbocycles. The Balaban J connectivity index is 2.24. The lowest BCUT2D eigenvalue weighted by Gasteiger charge is -2.12. The molecule has 0 aliphatic heterocycles. The number of esters is 2. The normalized spacial score (nSPS) is 11.8. The molecule has 2 aromatic rings. The molecule has 0 fully saturated rings. The topological polar surface area (TPSA) is 139 Å². The summed E-state index contributed by atoms with van der Waals surface area (Å²) in [6.07, 6.45) is -7.23. The molecule has 0 N–H and O–H groups in total. The average molecular weight is 532 g/mol. The number of nitro benzene ring substituents is 1. The summed E-state index contributed by atoms with van der Waals surface area (Å²) in [4.78, 5) is 58.5. The van der Waals surface area contributed by atoms with Crippen molar-refractivity contribution in [3.63, 3.8) is 0 Å². The number of rotatable bonds is 10. The highest BCUT2D eigenvalue weighted by Gasteiger charge is 2.32. The Hall–Kier alpha value is -4.00. The van der Waals surface area contributed by atoms with Crippen LogP contribution in [0.25, 0.3) is 0 Å². The van der Waals surface area contributed by atoms with Crippen LogP contribution < -0.4 is 4.74 Å². The smallest absolute Gasteiger partial charge is 0.416 e. The molecule has 0 saturated heterocycles. The fourth-order valence-electron chi connectivity index (χ4n) is 2.70. The van der Waals surface area contributed by atoms with Crippen LogP contribution >= 0.6 is 11.6 Å². The van der Waals surface area contributed by atoms with Gasteiger partial charge < -0.3 is 14.2 Å². The summed E-state index contributed by atoms with van der Waals surface area (Å²) < 4.78 is 53.0. The number of halogens is 4. The Morgan fingerprint density at radius 2 is 1.78 bits per heavy atom. The fourth-order valence-corrected chi connectivity index (χ4v) is 2.91. The Morgan fingerprint density at radius 3 is 2.33 bits per heavy atom. The van der Waals surface area contributed by atoms with Crippen LogP contribution in [0.5, 0.6) is 11.5 Å². The number of ether oxygens (including phenoxy) is 3. The number of nitrogens with zero attached hydrogens (tertiary/aromatic N) is 1. The SMILES string of the molecule is CCOC(=O)C(C)OC(=O)C(=O)CC(=O)c1cc(Oc2ccc(C(F)(F)F)cc2Cl)ccc1[N+](=O)[O-]. The molecule has 0 radical (unpaired) electrons. The summed E-state index contributed by atoms with van der Waals surface area (Å²) >= 11 is 5.83. The van der Waals surface area contributed by atoms with Gasteiger partial charge in [-0.25, -0.2) is 9.59 Å². The summed E-state index contributed by atoms with van der Waals surface area (Å²) in [5, 5.41) is 10.9. The number of nitro groups is 1. The van der Waals surface area contributed by atoms with Gasteiger partial charge in [0.1, 0.15) is 11.5 Å². The monoisotopic (exact) mass is 531 g/mol. The van der Waals surface area contributed by atoms with E-state index in [1.54, 1.807) is 0 Å². The standard InChI is InChI=1S/C22H17ClF3NO9/c1-3-34-20(30)11(2)35-21(31)18(29)10-17(28)14-9-13(5-6-16(14)27(32)33)36-19-7-4-12(8-15(19)23)22(24,25)26/h4-9,11H,3,10H2,1-2H3. The minimum atomic E-state index is -4.66. The molecular weight excluding hydrogens is 515 g/mol. The Bertz CT molecular complexity index is 1210. The van der Waals surface area contributed by atoms with Crippen molar-refractivity contribution in [3.8, 4) is 11.5 Å². The number of benzene rings is 2. The van der Waals surface area contributed by atoms with Crippen LogP contribution in [0.2, 0.25) is 5.02 Å². The molecule has 192 valence electrons. The molecule has 0 spiro atoms. The highest BCUT2D eigenvalue weighted by molar-refractivity contribution is 6.38. The van der Waals surface area contributed by atoms with Gasteiger partial charge in [-0.1, -0.05) is 11.6 Å². The van der Waals surface area contributed by atoms with Crippen molar-refractivity contribution in [2.45, 2.75) is 32.5 Å². The van der Waals surface area contributed by atoms with Gasteiger partial charge in [0.2, 0.25) is 5.78 Å². The van der Waals surface area contributed by atoms with Crippen molar-refractivity contribution in [1.82, 2.24) is 0 Å². The van der Waals surface area contributed by atoms with E-state index in [9.17, 15) is 42.5 Å². The van der Waals surface area contributed by atoms with Crippen molar-refractivity contribution in [2.24, 2.45) is 0 Å². The zero-order valence-electron chi connectivity index (χ0n) is 18.6. The second kappa shape index (κ2) is 11.6. The lowest BCUT2D eigenvalue weighted by molar-refractivity contribution is -0.385. The number of Topliss-reactive ketones (excluding diaryl/α,β-unsaturated/α-hetero) is 2. The number of hydrogen-bond donors (Lipinski definition) is 0. The first kappa shape index (κ1) is 28.2. The van der Waals surface area contributed by atoms with E-state index in [2.05, 4.69) is 9.47 Å². The molecule has 0 bridgehead atoms. The van der Waals surface area contributed by atoms with Crippen LogP contribution in [0.1, 0.15) is 36.2 Å². The molecule has 0 aliphatic carbocycles. The minimum Gasteiger partial charge on any atom is -0.463 e. The van der Waals surface area contributed by atoms with Crippen LogP contribution in [0.15, 0.2) is 36.4 Å². The van der Waals surface area contributed by atoms with Gasteiger partial charge in [-0.2, -0.15) is 13.2 Å². The molecule has 2 rings (SSSR count). The van der Waals surface area contributed by atoms with Gasteiger partial charge in [0.05, 0.1) is 34.1 Å². The lowest BCUT2D eigenvalue weighted by atomic mass is 10.0.